The van der Waals surface area contributed by atoms with Gasteiger partial charge in [0.05, 0.1) is 7.11 Å². The number of benzene rings is 1. The molecule has 1 aromatic carbocycles. The molecule has 0 unspecified atom stereocenters. The van der Waals surface area contributed by atoms with Crippen LogP contribution in [0.4, 0.5) is 8.78 Å². The zero-order valence-electron chi connectivity index (χ0n) is 14.8. The molecule has 0 aliphatic carbocycles. The molecule has 0 spiro atoms. The zero-order chi connectivity index (χ0) is 18.3. The number of hydrogen-bond acceptors (Lipinski definition) is 4. The lowest BCUT2D eigenvalue weighted by atomic mass is 10.2. The van der Waals surface area contributed by atoms with Crippen LogP contribution in [-0.4, -0.2) is 49.7 Å². The fourth-order valence-electron chi connectivity index (χ4n) is 2.52. The van der Waals surface area contributed by atoms with Gasteiger partial charge in [-0.2, -0.15) is 8.78 Å². The molecule has 0 saturated heterocycles. The summed E-state index contributed by atoms with van der Waals surface area (Å²) in [6, 6.07) is 4.88. The fourth-order valence-corrected chi connectivity index (χ4v) is 2.52. The first-order valence-corrected chi connectivity index (χ1v) is 7.93. The van der Waals surface area contributed by atoms with Gasteiger partial charge in [-0.25, -0.2) is 0 Å². The van der Waals surface area contributed by atoms with E-state index in [2.05, 4.69) is 42.6 Å². The molecule has 0 aromatic heterocycles. The van der Waals surface area contributed by atoms with E-state index in [1.807, 2.05) is 0 Å². The first kappa shape index (κ1) is 20.2. The molecule has 0 saturated carbocycles. The third-order valence-corrected chi connectivity index (χ3v) is 3.62. The van der Waals surface area contributed by atoms with Gasteiger partial charge in [0.15, 0.2) is 11.5 Å². The van der Waals surface area contributed by atoms with Gasteiger partial charge < -0.3 is 14.8 Å². The molecule has 0 aliphatic heterocycles. The van der Waals surface area contributed by atoms with E-state index >= 15 is 0 Å². The van der Waals surface area contributed by atoms with Gasteiger partial charge in [0.25, 0.3) is 5.91 Å². The van der Waals surface area contributed by atoms with E-state index in [1.54, 1.807) is 0 Å². The summed E-state index contributed by atoms with van der Waals surface area (Å²) >= 11 is 0. The van der Waals surface area contributed by atoms with E-state index in [0.29, 0.717) is 24.2 Å². The minimum absolute atomic E-state index is 0.0916. The second kappa shape index (κ2) is 9.42. The summed E-state index contributed by atoms with van der Waals surface area (Å²) in [7, 11) is 1.33. The van der Waals surface area contributed by atoms with Crippen molar-refractivity contribution in [3.8, 4) is 11.5 Å². The van der Waals surface area contributed by atoms with E-state index in [0.717, 1.165) is 6.54 Å². The van der Waals surface area contributed by atoms with Crippen molar-refractivity contribution in [2.24, 2.45) is 0 Å². The number of rotatable bonds is 9. The van der Waals surface area contributed by atoms with Crippen LogP contribution in [0.5, 0.6) is 11.5 Å². The van der Waals surface area contributed by atoms with Crippen LogP contribution in [0.15, 0.2) is 18.2 Å². The molecule has 0 heterocycles. The highest BCUT2D eigenvalue weighted by molar-refractivity contribution is 5.94. The van der Waals surface area contributed by atoms with Crippen LogP contribution < -0.4 is 14.8 Å². The number of nitrogens with zero attached hydrogens (tertiary/aromatic N) is 1. The molecular formula is C17H26F2N2O3. The molecular weight excluding hydrogens is 318 g/mol. The molecule has 24 heavy (non-hydrogen) atoms. The van der Waals surface area contributed by atoms with Gasteiger partial charge in [-0.05, 0) is 45.9 Å². The van der Waals surface area contributed by atoms with Crippen LogP contribution in [0.1, 0.15) is 38.1 Å². The van der Waals surface area contributed by atoms with Crippen molar-refractivity contribution in [1.29, 1.82) is 0 Å². The number of hydrogen-bond donors (Lipinski definition) is 1. The van der Waals surface area contributed by atoms with Crippen LogP contribution in [0.25, 0.3) is 0 Å². The average molecular weight is 344 g/mol. The Morgan fingerprint density at radius 2 is 1.79 bits per heavy atom. The molecule has 0 atom stereocenters. The maximum absolute atomic E-state index is 12.3. The van der Waals surface area contributed by atoms with E-state index in [4.69, 9.17) is 4.74 Å². The van der Waals surface area contributed by atoms with Gasteiger partial charge in [0.2, 0.25) is 0 Å². The van der Waals surface area contributed by atoms with E-state index < -0.39 is 6.61 Å². The topological polar surface area (TPSA) is 50.8 Å². The molecule has 0 fully saturated rings. The van der Waals surface area contributed by atoms with Crippen molar-refractivity contribution in [2.75, 3.05) is 20.2 Å². The molecule has 1 aromatic rings. The quantitative estimate of drug-likeness (QED) is 0.748. The van der Waals surface area contributed by atoms with Crippen LogP contribution in [0.3, 0.4) is 0 Å². The Kier molecular flexibility index (Phi) is 7.91. The number of halogens is 2. The first-order chi connectivity index (χ1) is 11.3. The highest BCUT2D eigenvalue weighted by Gasteiger charge is 2.16. The number of carbonyl (C=O) groups excluding carboxylic acids is 1. The smallest absolute Gasteiger partial charge is 0.387 e. The van der Waals surface area contributed by atoms with Gasteiger partial charge in [-0.15, -0.1) is 0 Å². The van der Waals surface area contributed by atoms with Crippen molar-refractivity contribution in [2.45, 2.75) is 46.4 Å². The van der Waals surface area contributed by atoms with E-state index in [-0.39, 0.29) is 17.4 Å². The highest BCUT2D eigenvalue weighted by Crippen LogP contribution is 2.29. The summed E-state index contributed by atoms with van der Waals surface area (Å²) < 4.78 is 33.9. The minimum atomic E-state index is -2.95. The predicted octanol–water partition coefficient (Wildman–Crippen LogP) is 3.15. The van der Waals surface area contributed by atoms with Gasteiger partial charge in [-0.3, -0.25) is 9.69 Å². The Balaban J connectivity index is 2.68. The average Bonchev–Trinajstić information content (AvgIpc) is 2.50. The van der Waals surface area contributed by atoms with Crippen molar-refractivity contribution in [3.05, 3.63) is 23.8 Å². The summed E-state index contributed by atoms with van der Waals surface area (Å²) in [6.07, 6.45) is 0. The minimum Gasteiger partial charge on any atom is -0.493 e. The van der Waals surface area contributed by atoms with Crippen molar-refractivity contribution < 1.29 is 23.0 Å². The third-order valence-electron chi connectivity index (χ3n) is 3.62. The Bertz CT molecular complexity index is 529. The van der Waals surface area contributed by atoms with Crippen molar-refractivity contribution >= 4 is 5.91 Å². The number of nitrogens with one attached hydrogen (secondary N) is 1. The monoisotopic (exact) mass is 344 g/mol. The maximum Gasteiger partial charge on any atom is 0.387 e. The fraction of sp³-hybridized carbons (Fsp3) is 0.588. The van der Waals surface area contributed by atoms with Gasteiger partial charge in [-0.1, -0.05) is 0 Å². The molecule has 1 N–H and O–H groups in total. The van der Waals surface area contributed by atoms with Gasteiger partial charge >= 0.3 is 6.61 Å². The molecule has 0 radical (unpaired) electrons. The Morgan fingerprint density at radius 3 is 2.29 bits per heavy atom. The zero-order valence-corrected chi connectivity index (χ0v) is 14.8. The normalized spacial score (nSPS) is 11.5. The largest absolute Gasteiger partial charge is 0.493 e. The second-order valence-electron chi connectivity index (χ2n) is 5.93. The maximum atomic E-state index is 12.3. The van der Waals surface area contributed by atoms with Crippen LogP contribution in [0, 0.1) is 0 Å². The number of ether oxygens (including phenoxy) is 2. The summed E-state index contributed by atoms with van der Waals surface area (Å²) in [5, 5.41) is 2.83. The lowest BCUT2D eigenvalue weighted by Crippen LogP contribution is -2.42. The molecule has 1 amide bonds. The second-order valence-corrected chi connectivity index (χ2v) is 5.93. The molecule has 7 heteroatoms. The Hall–Kier alpha value is -1.89. The number of carbonyl (C=O) groups is 1. The lowest BCUT2D eigenvalue weighted by Gasteiger charge is -2.30. The number of methoxy groups -OCH3 is 1. The standard InChI is InChI=1S/C17H26F2N2O3/c1-11(2)21(12(3)4)9-8-20-16(22)13-6-7-14(24-17(18)19)15(10-13)23-5/h6-7,10-12,17H,8-9H2,1-5H3,(H,20,22). The summed E-state index contributed by atoms with van der Waals surface area (Å²) in [6.45, 7) is 6.69. The molecule has 1 rings (SSSR count). The van der Waals surface area contributed by atoms with Crippen LogP contribution in [0.2, 0.25) is 0 Å². The SMILES string of the molecule is COc1cc(C(=O)NCCN(C(C)C)C(C)C)ccc1OC(F)F. The molecule has 0 bridgehead atoms. The van der Waals surface area contributed by atoms with Crippen LogP contribution in [-0.2, 0) is 0 Å². The van der Waals surface area contributed by atoms with Crippen molar-refractivity contribution in [1.82, 2.24) is 10.2 Å². The molecule has 136 valence electrons. The Labute approximate surface area is 141 Å². The molecule has 5 nitrogen and oxygen atoms in total. The summed E-state index contributed by atoms with van der Waals surface area (Å²) in [5.74, 6) is -0.298. The third kappa shape index (κ3) is 5.96. The molecule has 0 aliphatic rings. The predicted molar refractivity (Wildman–Crippen MR) is 88.9 cm³/mol. The lowest BCUT2D eigenvalue weighted by molar-refractivity contribution is -0.0512. The first-order valence-electron chi connectivity index (χ1n) is 7.93. The van der Waals surface area contributed by atoms with Crippen LogP contribution >= 0.6 is 0 Å². The number of amides is 1. The highest BCUT2D eigenvalue weighted by atomic mass is 19.3. The van der Waals surface area contributed by atoms with Crippen molar-refractivity contribution in [3.63, 3.8) is 0 Å². The summed E-state index contributed by atoms with van der Waals surface area (Å²) in [5.41, 5.74) is 0.328. The number of alkyl halides is 2. The van der Waals surface area contributed by atoms with E-state index in [9.17, 15) is 13.6 Å². The van der Waals surface area contributed by atoms with Gasteiger partial charge in [0, 0.05) is 30.7 Å². The van der Waals surface area contributed by atoms with E-state index in [1.165, 1.54) is 25.3 Å². The Morgan fingerprint density at radius 1 is 1.17 bits per heavy atom. The van der Waals surface area contributed by atoms with Gasteiger partial charge in [0.1, 0.15) is 0 Å². The summed E-state index contributed by atoms with van der Waals surface area (Å²) in [4.78, 5) is 14.5.